The van der Waals surface area contributed by atoms with Gasteiger partial charge in [-0.2, -0.15) is 0 Å². The van der Waals surface area contributed by atoms with Crippen molar-refractivity contribution in [2.75, 3.05) is 0 Å². The van der Waals surface area contributed by atoms with Gasteiger partial charge in [0.05, 0.1) is 6.54 Å². The zero-order valence-electron chi connectivity index (χ0n) is 8.91. The summed E-state index contributed by atoms with van der Waals surface area (Å²) in [5.74, 6) is 0.580. The fourth-order valence-corrected chi connectivity index (χ4v) is 1.96. The summed E-state index contributed by atoms with van der Waals surface area (Å²) in [5.41, 5.74) is 6.56. The molecule has 0 spiro atoms. The molecule has 1 fully saturated rings. The van der Waals surface area contributed by atoms with Crippen LogP contribution in [0.2, 0.25) is 0 Å². The van der Waals surface area contributed by atoms with Crippen LogP contribution in [0.3, 0.4) is 0 Å². The Labute approximate surface area is 92.5 Å². The van der Waals surface area contributed by atoms with Crippen molar-refractivity contribution in [2.45, 2.75) is 25.4 Å². The average molecular weight is 218 g/mol. The van der Waals surface area contributed by atoms with E-state index in [9.17, 15) is 4.79 Å². The molecule has 3 rings (SSSR count). The molecule has 2 aromatic rings. The van der Waals surface area contributed by atoms with Crippen LogP contribution in [0.5, 0.6) is 0 Å². The molecule has 16 heavy (non-hydrogen) atoms. The molecule has 2 N–H and O–H groups in total. The summed E-state index contributed by atoms with van der Waals surface area (Å²) in [4.78, 5) is 11.9. The Kier molecular flexibility index (Phi) is 2.07. The van der Waals surface area contributed by atoms with E-state index >= 15 is 0 Å². The summed E-state index contributed by atoms with van der Waals surface area (Å²) in [5, 5.41) is 4.25. The molecule has 1 unspecified atom stereocenters. The van der Waals surface area contributed by atoms with Crippen molar-refractivity contribution in [2.24, 2.45) is 11.7 Å². The third kappa shape index (κ3) is 1.53. The Morgan fingerprint density at radius 2 is 2.31 bits per heavy atom. The molecule has 1 atom stereocenters. The quantitative estimate of drug-likeness (QED) is 0.802. The van der Waals surface area contributed by atoms with E-state index in [1.54, 1.807) is 10.6 Å². The van der Waals surface area contributed by atoms with Gasteiger partial charge in [-0.15, -0.1) is 5.10 Å². The molecule has 0 aliphatic heterocycles. The Morgan fingerprint density at radius 1 is 1.50 bits per heavy atom. The average Bonchev–Trinajstić information content (AvgIpc) is 3.08. The number of nitrogens with two attached hydrogens (primary N) is 1. The Morgan fingerprint density at radius 3 is 3.00 bits per heavy atom. The predicted octanol–water partition coefficient (Wildman–Crippen LogP) is 0.233. The molecule has 1 aliphatic carbocycles. The fraction of sp³-hybridized carbons (Fsp3) is 0.455. The highest BCUT2D eigenvalue weighted by molar-refractivity contribution is 5.35. The van der Waals surface area contributed by atoms with Crippen LogP contribution in [0, 0.1) is 5.92 Å². The van der Waals surface area contributed by atoms with Crippen LogP contribution < -0.4 is 11.4 Å². The lowest BCUT2D eigenvalue weighted by molar-refractivity contribution is 0.461. The molecule has 0 aromatic carbocycles. The molecular weight excluding hydrogens is 204 g/mol. The lowest BCUT2D eigenvalue weighted by Crippen LogP contribution is -2.33. The largest absolute Gasteiger partial charge is 0.350 e. The van der Waals surface area contributed by atoms with Gasteiger partial charge < -0.3 is 5.73 Å². The normalized spacial score (nSPS) is 17.8. The molecule has 84 valence electrons. The molecular formula is C11H14N4O. The van der Waals surface area contributed by atoms with Crippen molar-refractivity contribution >= 4 is 5.65 Å². The number of fused-ring (bicyclic) bond motifs is 1. The highest BCUT2D eigenvalue weighted by atomic mass is 16.2. The van der Waals surface area contributed by atoms with Crippen LogP contribution in [-0.4, -0.2) is 20.2 Å². The summed E-state index contributed by atoms with van der Waals surface area (Å²) in [6.07, 6.45) is 4.09. The minimum Gasteiger partial charge on any atom is -0.326 e. The van der Waals surface area contributed by atoms with E-state index in [4.69, 9.17) is 5.73 Å². The van der Waals surface area contributed by atoms with Gasteiger partial charge in [-0.05, 0) is 30.9 Å². The second-order valence-electron chi connectivity index (χ2n) is 4.39. The first-order chi connectivity index (χ1) is 7.75. The lowest BCUT2D eigenvalue weighted by Gasteiger charge is -2.07. The van der Waals surface area contributed by atoms with Crippen molar-refractivity contribution < 1.29 is 0 Å². The smallest absolute Gasteiger partial charge is 0.326 e. The van der Waals surface area contributed by atoms with E-state index < -0.39 is 0 Å². The van der Waals surface area contributed by atoms with Crippen molar-refractivity contribution in [1.29, 1.82) is 0 Å². The third-order valence-corrected chi connectivity index (χ3v) is 3.10. The first-order valence-electron chi connectivity index (χ1n) is 5.55. The van der Waals surface area contributed by atoms with E-state index in [1.807, 2.05) is 18.2 Å². The van der Waals surface area contributed by atoms with Crippen molar-refractivity contribution in [3.8, 4) is 0 Å². The van der Waals surface area contributed by atoms with Crippen molar-refractivity contribution in [3.63, 3.8) is 0 Å². The van der Waals surface area contributed by atoms with Gasteiger partial charge in [0.2, 0.25) is 0 Å². The first kappa shape index (κ1) is 9.59. The van der Waals surface area contributed by atoms with Gasteiger partial charge in [0, 0.05) is 12.2 Å². The van der Waals surface area contributed by atoms with Gasteiger partial charge in [-0.1, -0.05) is 6.07 Å². The first-order valence-corrected chi connectivity index (χ1v) is 5.55. The van der Waals surface area contributed by atoms with Crippen LogP contribution in [0.1, 0.15) is 12.8 Å². The Hall–Kier alpha value is -1.62. The maximum atomic E-state index is 11.9. The fourth-order valence-electron chi connectivity index (χ4n) is 1.96. The number of aromatic nitrogens is 3. The van der Waals surface area contributed by atoms with E-state index in [1.165, 1.54) is 17.5 Å². The summed E-state index contributed by atoms with van der Waals surface area (Å²) in [6, 6.07) is 5.57. The molecule has 2 heterocycles. The zero-order chi connectivity index (χ0) is 11.1. The van der Waals surface area contributed by atoms with Gasteiger partial charge in [0.15, 0.2) is 5.65 Å². The molecule has 5 nitrogen and oxygen atoms in total. The zero-order valence-corrected chi connectivity index (χ0v) is 8.91. The molecule has 0 saturated heterocycles. The number of pyridine rings is 1. The summed E-state index contributed by atoms with van der Waals surface area (Å²) in [7, 11) is 0. The SMILES string of the molecule is NC(Cn1nc2ccccn2c1=O)C1CC1. The molecule has 2 aromatic heterocycles. The number of hydrogen-bond donors (Lipinski definition) is 1. The molecule has 1 aliphatic rings. The third-order valence-electron chi connectivity index (χ3n) is 3.10. The number of rotatable bonds is 3. The Balaban J connectivity index is 1.97. The second kappa shape index (κ2) is 3.45. The highest BCUT2D eigenvalue weighted by Crippen LogP contribution is 2.31. The number of hydrogen-bond acceptors (Lipinski definition) is 3. The maximum absolute atomic E-state index is 11.9. The van der Waals surface area contributed by atoms with Crippen LogP contribution in [0.15, 0.2) is 29.2 Å². The standard InChI is InChI=1S/C11H14N4O/c12-9(8-4-5-8)7-15-11(16)14-6-2-1-3-10(14)13-15/h1-3,6,8-9H,4-5,7,12H2. The summed E-state index contributed by atoms with van der Waals surface area (Å²) < 4.78 is 3.01. The predicted molar refractivity (Wildman–Crippen MR) is 60.2 cm³/mol. The summed E-state index contributed by atoms with van der Waals surface area (Å²) in [6.45, 7) is 0.519. The highest BCUT2D eigenvalue weighted by Gasteiger charge is 2.29. The van der Waals surface area contributed by atoms with Crippen LogP contribution in [0.4, 0.5) is 0 Å². The molecule has 1 saturated carbocycles. The van der Waals surface area contributed by atoms with Gasteiger partial charge in [-0.3, -0.25) is 4.40 Å². The van der Waals surface area contributed by atoms with E-state index in [2.05, 4.69) is 5.10 Å². The van der Waals surface area contributed by atoms with E-state index in [0.29, 0.717) is 18.1 Å². The van der Waals surface area contributed by atoms with E-state index in [0.717, 1.165) is 0 Å². The molecule has 0 bridgehead atoms. The second-order valence-corrected chi connectivity index (χ2v) is 4.39. The molecule has 5 heteroatoms. The van der Waals surface area contributed by atoms with Gasteiger partial charge >= 0.3 is 5.69 Å². The number of nitrogens with zero attached hydrogens (tertiary/aromatic N) is 3. The van der Waals surface area contributed by atoms with Crippen molar-refractivity contribution in [1.82, 2.24) is 14.2 Å². The van der Waals surface area contributed by atoms with Crippen LogP contribution >= 0.6 is 0 Å². The minimum atomic E-state index is -0.105. The summed E-state index contributed by atoms with van der Waals surface area (Å²) >= 11 is 0. The lowest BCUT2D eigenvalue weighted by atomic mass is 10.2. The van der Waals surface area contributed by atoms with Gasteiger partial charge in [0.25, 0.3) is 0 Å². The van der Waals surface area contributed by atoms with Crippen LogP contribution in [-0.2, 0) is 6.54 Å². The van der Waals surface area contributed by atoms with Gasteiger partial charge in [0.1, 0.15) is 0 Å². The minimum absolute atomic E-state index is 0.0580. The van der Waals surface area contributed by atoms with Crippen molar-refractivity contribution in [3.05, 3.63) is 34.9 Å². The monoisotopic (exact) mass is 218 g/mol. The van der Waals surface area contributed by atoms with Gasteiger partial charge in [-0.25, -0.2) is 9.48 Å². The Bertz CT molecular complexity index is 567. The van der Waals surface area contributed by atoms with Crippen LogP contribution in [0.25, 0.3) is 5.65 Å². The maximum Gasteiger partial charge on any atom is 0.350 e. The molecule has 0 amide bonds. The topological polar surface area (TPSA) is 65.3 Å². The van der Waals surface area contributed by atoms with E-state index in [-0.39, 0.29) is 11.7 Å². The molecule has 0 radical (unpaired) electrons.